The van der Waals surface area contributed by atoms with Crippen LogP contribution in [-0.4, -0.2) is 17.5 Å². The molecule has 2 aromatic carbocycles. The average molecular weight is 256 g/mol. The van der Waals surface area contributed by atoms with E-state index in [1.165, 1.54) is 0 Å². The number of phenolic OH excluding ortho intramolecular Hbond substituents is 1. The fourth-order valence-corrected chi connectivity index (χ4v) is 1.73. The fourth-order valence-electron chi connectivity index (χ4n) is 1.73. The van der Waals surface area contributed by atoms with Gasteiger partial charge in [-0.05, 0) is 29.8 Å². The van der Waals surface area contributed by atoms with Crippen LogP contribution in [0.15, 0.2) is 54.6 Å². The van der Waals surface area contributed by atoms with E-state index in [0.29, 0.717) is 19.4 Å². The maximum absolute atomic E-state index is 11.7. The molecule has 98 valence electrons. The summed E-state index contributed by atoms with van der Waals surface area (Å²) >= 11 is 0. The highest BCUT2D eigenvalue weighted by atomic mass is 16.5. The van der Waals surface area contributed by atoms with Crippen molar-refractivity contribution in [3.05, 3.63) is 60.2 Å². The minimum absolute atomic E-state index is 0.127. The van der Waals surface area contributed by atoms with Crippen molar-refractivity contribution in [1.29, 1.82) is 0 Å². The summed E-state index contributed by atoms with van der Waals surface area (Å²) in [7, 11) is 0. The van der Waals surface area contributed by atoms with Gasteiger partial charge in [0, 0.05) is 12.8 Å². The van der Waals surface area contributed by atoms with E-state index in [1.54, 1.807) is 24.3 Å². The predicted octanol–water partition coefficient (Wildman–Crippen LogP) is 2.97. The highest BCUT2D eigenvalue weighted by molar-refractivity contribution is 5.81. The van der Waals surface area contributed by atoms with Crippen LogP contribution < -0.4 is 4.74 Å². The molecular formula is C16H16O3. The highest BCUT2D eigenvalue weighted by Crippen LogP contribution is 2.12. The monoisotopic (exact) mass is 256 g/mol. The molecule has 0 bridgehead atoms. The van der Waals surface area contributed by atoms with Crippen LogP contribution in [0, 0.1) is 0 Å². The van der Waals surface area contributed by atoms with E-state index in [1.807, 2.05) is 30.3 Å². The number of Topliss-reactive ketones (excluding diaryl/α,β-unsaturated/α-hetero) is 1. The molecule has 1 N–H and O–H groups in total. The van der Waals surface area contributed by atoms with Crippen molar-refractivity contribution < 1.29 is 14.6 Å². The third kappa shape index (κ3) is 4.47. The van der Waals surface area contributed by atoms with Crippen molar-refractivity contribution in [3.63, 3.8) is 0 Å². The van der Waals surface area contributed by atoms with Crippen LogP contribution in [0.5, 0.6) is 11.5 Å². The van der Waals surface area contributed by atoms with Crippen molar-refractivity contribution in [1.82, 2.24) is 0 Å². The van der Waals surface area contributed by atoms with Crippen LogP contribution in [0.25, 0.3) is 0 Å². The van der Waals surface area contributed by atoms with Crippen LogP contribution in [0.4, 0.5) is 0 Å². The number of hydrogen-bond donors (Lipinski definition) is 1. The van der Waals surface area contributed by atoms with E-state index >= 15 is 0 Å². The zero-order chi connectivity index (χ0) is 13.5. The van der Waals surface area contributed by atoms with Gasteiger partial charge in [0.2, 0.25) is 0 Å². The van der Waals surface area contributed by atoms with Crippen LogP contribution in [0.3, 0.4) is 0 Å². The molecule has 0 atom stereocenters. The van der Waals surface area contributed by atoms with Crippen LogP contribution in [-0.2, 0) is 11.2 Å². The van der Waals surface area contributed by atoms with Crippen molar-refractivity contribution in [2.75, 3.05) is 6.61 Å². The smallest absolute Gasteiger partial charge is 0.140 e. The average Bonchev–Trinajstić information content (AvgIpc) is 2.43. The Labute approximate surface area is 112 Å². The summed E-state index contributed by atoms with van der Waals surface area (Å²) in [5, 5.41) is 9.15. The van der Waals surface area contributed by atoms with Gasteiger partial charge >= 0.3 is 0 Å². The number of hydrogen-bond acceptors (Lipinski definition) is 3. The van der Waals surface area contributed by atoms with E-state index in [9.17, 15) is 4.79 Å². The van der Waals surface area contributed by atoms with Crippen molar-refractivity contribution >= 4 is 5.78 Å². The summed E-state index contributed by atoms with van der Waals surface area (Å²) in [5.74, 6) is 1.12. The number of ether oxygens (including phenoxy) is 1. The Balaban J connectivity index is 1.74. The predicted molar refractivity (Wildman–Crippen MR) is 73.4 cm³/mol. The Kier molecular flexibility index (Phi) is 4.56. The Morgan fingerprint density at radius 1 is 1.00 bits per heavy atom. The number of para-hydroxylation sites is 1. The van der Waals surface area contributed by atoms with Gasteiger partial charge in [-0.1, -0.05) is 30.3 Å². The number of ketones is 1. The molecule has 0 heterocycles. The topological polar surface area (TPSA) is 46.5 Å². The van der Waals surface area contributed by atoms with E-state index in [2.05, 4.69) is 0 Å². The molecule has 2 rings (SSSR count). The summed E-state index contributed by atoms with van der Waals surface area (Å²) in [6.07, 6.45) is 0.758. The van der Waals surface area contributed by atoms with Gasteiger partial charge in [0.1, 0.15) is 17.3 Å². The van der Waals surface area contributed by atoms with Gasteiger partial charge in [0.25, 0.3) is 0 Å². The molecule has 0 aliphatic carbocycles. The number of benzene rings is 2. The first-order valence-corrected chi connectivity index (χ1v) is 6.21. The molecule has 0 saturated heterocycles. The quantitative estimate of drug-likeness (QED) is 0.864. The second-order valence-electron chi connectivity index (χ2n) is 4.29. The number of aromatic hydroxyl groups is 1. The molecule has 0 saturated carbocycles. The molecule has 2 aromatic rings. The Morgan fingerprint density at radius 2 is 1.68 bits per heavy atom. The van der Waals surface area contributed by atoms with Gasteiger partial charge in [0.05, 0.1) is 6.61 Å². The number of phenols is 1. The lowest BCUT2D eigenvalue weighted by molar-refractivity contribution is -0.118. The van der Waals surface area contributed by atoms with Gasteiger partial charge in [-0.2, -0.15) is 0 Å². The second-order valence-corrected chi connectivity index (χ2v) is 4.29. The zero-order valence-electron chi connectivity index (χ0n) is 10.6. The van der Waals surface area contributed by atoms with Gasteiger partial charge in [-0.15, -0.1) is 0 Å². The van der Waals surface area contributed by atoms with E-state index < -0.39 is 0 Å². The molecule has 0 radical (unpaired) electrons. The zero-order valence-corrected chi connectivity index (χ0v) is 10.6. The third-order valence-corrected chi connectivity index (χ3v) is 2.73. The highest BCUT2D eigenvalue weighted by Gasteiger charge is 2.04. The molecule has 0 aliphatic rings. The molecule has 0 aromatic heterocycles. The van der Waals surface area contributed by atoms with Crippen molar-refractivity contribution in [2.45, 2.75) is 12.8 Å². The lowest BCUT2D eigenvalue weighted by atomic mass is 10.1. The molecule has 0 fully saturated rings. The van der Waals surface area contributed by atoms with Gasteiger partial charge in [0.15, 0.2) is 0 Å². The lowest BCUT2D eigenvalue weighted by Crippen LogP contribution is -2.08. The first-order valence-electron chi connectivity index (χ1n) is 6.21. The Hall–Kier alpha value is -2.29. The maximum atomic E-state index is 11.7. The molecule has 0 unspecified atom stereocenters. The molecular weight excluding hydrogens is 240 g/mol. The van der Waals surface area contributed by atoms with E-state index in [0.717, 1.165) is 11.3 Å². The van der Waals surface area contributed by atoms with Crippen LogP contribution in [0.1, 0.15) is 12.0 Å². The summed E-state index contributed by atoms with van der Waals surface area (Å²) in [5.41, 5.74) is 0.905. The Bertz CT molecular complexity index is 517. The number of carbonyl (C=O) groups is 1. The Morgan fingerprint density at radius 3 is 2.37 bits per heavy atom. The first kappa shape index (κ1) is 13.1. The molecule has 3 heteroatoms. The minimum atomic E-state index is 0.127. The SMILES string of the molecule is O=C(CCOc1ccccc1)Cc1ccc(O)cc1. The molecule has 19 heavy (non-hydrogen) atoms. The van der Waals surface area contributed by atoms with Crippen molar-refractivity contribution in [2.24, 2.45) is 0 Å². The minimum Gasteiger partial charge on any atom is -0.508 e. The fraction of sp³-hybridized carbons (Fsp3) is 0.188. The van der Waals surface area contributed by atoms with Gasteiger partial charge in [-0.3, -0.25) is 4.79 Å². The lowest BCUT2D eigenvalue weighted by Gasteiger charge is -2.05. The molecule has 3 nitrogen and oxygen atoms in total. The summed E-state index contributed by atoms with van der Waals surface area (Å²) in [6, 6.07) is 16.1. The van der Waals surface area contributed by atoms with Gasteiger partial charge < -0.3 is 9.84 Å². The van der Waals surface area contributed by atoms with E-state index in [-0.39, 0.29) is 11.5 Å². The van der Waals surface area contributed by atoms with Crippen LogP contribution in [0.2, 0.25) is 0 Å². The molecule has 0 amide bonds. The molecule has 0 spiro atoms. The normalized spacial score (nSPS) is 10.1. The largest absolute Gasteiger partial charge is 0.508 e. The number of rotatable bonds is 6. The summed E-state index contributed by atoms with van der Waals surface area (Å²) < 4.78 is 5.47. The third-order valence-electron chi connectivity index (χ3n) is 2.73. The number of carbonyl (C=O) groups excluding carboxylic acids is 1. The van der Waals surface area contributed by atoms with Crippen LogP contribution >= 0.6 is 0 Å². The summed E-state index contributed by atoms with van der Waals surface area (Å²) in [6.45, 7) is 0.390. The van der Waals surface area contributed by atoms with Gasteiger partial charge in [-0.25, -0.2) is 0 Å². The maximum Gasteiger partial charge on any atom is 0.140 e. The molecule has 0 aliphatic heterocycles. The van der Waals surface area contributed by atoms with Crippen molar-refractivity contribution in [3.8, 4) is 11.5 Å². The second kappa shape index (κ2) is 6.59. The standard InChI is InChI=1S/C16H16O3/c17-14-8-6-13(7-9-14)12-15(18)10-11-19-16-4-2-1-3-5-16/h1-9,17H,10-12H2. The first-order chi connectivity index (χ1) is 9.24. The van der Waals surface area contributed by atoms with E-state index in [4.69, 9.17) is 9.84 Å². The summed E-state index contributed by atoms with van der Waals surface area (Å²) in [4.78, 5) is 11.7.